The molecule has 1 aromatic carbocycles. The number of nitrogens with one attached hydrogen (secondary N) is 2. The van der Waals surface area contributed by atoms with Crippen molar-refractivity contribution in [1.29, 1.82) is 0 Å². The highest BCUT2D eigenvalue weighted by Crippen LogP contribution is 2.22. The Morgan fingerprint density at radius 3 is 2.86 bits per heavy atom. The monoisotopic (exact) mass is 310 g/mol. The Morgan fingerprint density at radius 1 is 1.38 bits per heavy atom. The Kier molecular flexibility index (Phi) is 4.72. The van der Waals surface area contributed by atoms with Crippen molar-refractivity contribution in [2.75, 3.05) is 11.9 Å². The molecule has 0 atom stereocenters. The molecule has 2 amide bonds. The van der Waals surface area contributed by atoms with Gasteiger partial charge < -0.3 is 20.3 Å². The minimum absolute atomic E-state index is 0.0292. The van der Waals surface area contributed by atoms with Crippen LogP contribution in [0.25, 0.3) is 0 Å². The summed E-state index contributed by atoms with van der Waals surface area (Å²) in [6, 6.07) is 3.52. The van der Waals surface area contributed by atoms with Gasteiger partial charge in [0.05, 0.1) is 16.3 Å². The number of hydrogen-bond acceptors (Lipinski definition) is 5. The molecule has 0 saturated heterocycles. The van der Waals surface area contributed by atoms with E-state index in [-0.39, 0.29) is 16.3 Å². The van der Waals surface area contributed by atoms with Gasteiger partial charge in [0.25, 0.3) is 0 Å². The van der Waals surface area contributed by atoms with E-state index in [1.54, 1.807) is 0 Å². The highest BCUT2D eigenvalue weighted by Gasteiger charge is 2.10. The number of carbonyl (C=O) groups is 2. The first-order valence-electron chi connectivity index (χ1n) is 5.89. The summed E-state index contributed by atoms with van der Waals surface area (Å²) < 4.78 is 4.56. The van der Waals surface area contributed by atoms with Crippen molar-refractivity contribution in [3.8, 4) is 0 Å². The number of carboxylic acid groups (broad SMARTS) is 1. The summed E-state index contributed by atoms with van der Waals surface area (Å²) in [6.07, 6.45) is 1.61. The second-order valence-corrected chi connectivity index (χ2v) is 4.39. The lowest BCUT2D eigenvalue weighted by Crippen LogP contribution is -2.30. The topological polar surface area (TPSA) is 117 Å². The SMILES string of the molecule is O=C(NCCc1ncon1)Nc1cc(C(=O)O)ccc1Cl. The standard InChI is InChI=1S/C12H11ClN4O4/c13-8-2-1-7(11(18)19)5-9(8)16-12(20)14-4-3-10-15-6-21-17-10/h1-2,5-6H,3-4H2,(H,18,19)(H2,14,16,20). The minimum Gasteiger partial charge on any atom is -0.478 e. The van der Waals surface area contributed by atoms with Crippen LogP contribution in [0.1, 0.15) is 16.2 Å². The Hall–Kier alpha value is -2.61. The molecule has 0 saturated carbocycles. The van der Waals surface area contributed by atoms with Crippen LogP contribution in [0.5, 0.6) is 0 Å². The predicted molar refractivity (Wildman–Crippen MR) is 73.4 cm³/mol. The zero-order chi connectivity index (χ0) is 15.2. The van der Waals surface area contributed by atoms with E-state index in [0.29, 0.717) is 18.8 Å². The van der Waals surface area contributed by atoms with Crippen LogP contribution in [0, 0.1) is 0 Å². The summed E-state index contributed by atoms with van der Waals surface area (Å²) in [7, 11) is 0. The Balaban J connectivity index is 1.90. The van der Waals surface area contributed by atoms with E-state index >= 15 is 0 Å². The van der Waals surface area contributed by atoms with Gasteiger partial charge in [-0.3, -0.25) is 0 Å². The van der Waals surface area contributed by atoms with Crippen molar-refractivity contribution in [1.82, 2.24) is 15.5 Å². The fourth-order valence-electron chi connectivity index (χ4n) is 1.51. The lowest BCUT2D eigenvalue weighted by atomic mass is 10.2. The van der Waals surface area contributed by atoms with Gasteiger partial charge in [-0.1, -0.05) is 16.8 Å². The summed E-state index contributed by atoms with van der Waals surface area (Å²) in [4.78, 5) is 26.3. The summed E-state index contributed by atoms with van der Waals surface area (Å²) in [5, 5.41) is 17.8. The number of hydrogen-bond donors (Lipinski definition) is 3. The highest BCUT2D eigenvalue weighted by molar-refractivity contribution is 6.33. The molecule has 9 heteroatoms. The van der Waals surface area contributed by atoms with Crippen LogP contribution in [0.4, 0.5) is 10.5 Å². The quantitative estimate of drug-likeness (QED) is 0.775. The number of benzene rings is 1. The maximum absolute atomic E-state index is 11.7. The van der Waals surface area contributed by atoms with Gasteiger partial charge in [0.1, 0.15) is 0 Å². The first-order valence-corrected chi connectivity index (χ1v) is 6.27. The largest absolute Gasteiger partial charge is 0.478 e. The summed E-state index contributed by atoms with van der Waals surface area (Å²) in [5.41, 5.74) is 0.245. The molecule has 0 aliphatic heterocycles. The molecule has 0 fully saturated rings. The predicted octanol–water partition coefficient (Wildman–Crippen LogP) is 1.79. The third-order valence-electron chi connectivity index (χ3n) is 2.50. The van der Waals surface area contributed by atoms with Crippen LogP contribution < -0.4 is 10.6 Å². The summed E-state index contributed by atoms with van der Waals surface area (Å²) in [5.74, 6) is -0.631. The number of rotatable bonds is 5. The first kappa shape index (κ1) is 14.8. The van der Waals surface area contributed by atoms with E-state index in [9.17, 15) is 9.59 Å². The van der Waals surface area contributed by atoms with E-state index in [4.69, 9.17) is 16.7 Å². The van der Waals surface area contributed by atoms with Gasteiger partial charge in [0.15, 0.2) is 5.82 Å². The van der Waals surface area contributed by atoms with E-state index < -0.39 is 12.0 Å². The molecule has 2 rings (SSSR count). The highest BCUT2D eigenvalue weighted by atomic mass is 35.5. The van der Waals surface area contributed by atoms with E-state index in [0.717, 1.165) is 0 Å². The third kappa shape index (κ3) is 4.18. The molecule has 2 aromatic rings. The van der Waals surface area contributed by atoms with Crippen molar-refractivity contribution >= 4 is 29.3 Å². The minimum atomic E-state index is -1.10. The van der Waals surface area contributed by atoms with Gasteiger partial charge in [0, 0.05) is 13.0 Å². The second kappa shape index (κ2) is 6.71. The van der Waals surface area contributed by atoms with Gasteiger partial charge >= 0.3 is 12.0 Å². The second-order valence-electron chi connectivity index (χ2n) is 3.98. The average Bonchev–Trinajstić information content (AvgIpc) is 2.94. The maximum Gasteiger partial charge on any atom is 0.335 e. The molecule has 8 nitrogen and oxygen atoms in total. The number of amides is 2. The zero-order valence-corrected chi connectivity index (χ0v) is 11.4. The number of carbonyl (C=O) groups excluding carboxylic acids is 1. The molecule has 3 N–H and O–H groups in total. The fraction of sp³-hybridized carbons (Fsp3) is 0.167. The third-order valence-corrected chi connectivity index (χ3v) is 2.83. The normalized spacial score (nSPS) is 10.1. The Bertz CT molecular complexity index is 645. The van der Waals surface area contributed by atoms with Gasteiger partial charge in [-0.15, -0.1) is 0 Å². The fourth-order valence-corrected chi connectivity index (χ4v) is 1.68. The van der Waals surface area contributed by atoms with Crippen LogP contribution in [-0.2, 0) is 6.42 Å². The summed E-state index contributed by atoms with van der Waals surface area (Å²) in [6.45, 7) is 0.293. The van der Waals surface area contributed by atoms with Gasteiger partial charge in [-0.2, -0.15) is 4.98 Å². The Labute approximate surface area is 124 Å². The van der Waals surface area contributed by atoms with Crippen molar-refractivity contribution < 1.29 is 19.2 Å². The van der Waals surface area contributed by atoms with Gasteiger partial charge in [0.2, 0.25) is 6.39 Å². The van der Waals surface area contributed by atoms with Crippen molar-refractivity contribution in [2.45, 2.75) is 6.42 Å². The molecular weight excluding hydrogens is 300 g/mol. The summed E-state index contributed by atoms with van der Waals surface area (Å²) >= 11 is 5.89. The van der Waals surface area contributed by atoms with Crippen LogP contribution in [0.3, 0.4) is 0 Å². The number of urea groups is 1. The molecule has 1 aromatic heterocycles. The van der Waals surface area contributed by atoms with Crippen LogP contribution >= 0.6 is 11.6 Å². The average molecular weight is 311 g/mol. The molecule has 0 spiro atoms. The lowest BCUT2D eigenvalue weighted by molar-refractivity contribution is 0.0697. The number of nitrogens with zero attached hydrogens (tertiary/aromatic N) is 2. The first-order chi connectivity index (χ1) is 10.1. The van der Waals surface area contributed by atoms with Gasteiger partial charge in [-0.25, -0.2) is 9.59 Å². The van der Waals surface area contributed by atoms with Crippen molar-refractivity contribution in [3.63, 3.8) is 0 Å². The molecule has 110 valence electrons. The van der Waals surface area contributed by atoms with Crippen LogP contribution in [0.2, 0.25) is 5.02 Å². The zero-order valence-electron chi connectivity index (χ0n) is 10.7. The molecule has 0 unspecified atom stereocenters. The maximum atomic E-state index is 11.7. The Morgan fingerprint density at radius 2 is 2.19 bits per heavy atom. The van der Waals surface area contributed by atoms with Crippen LogP contribution in [-0.4, -0.2) is 33.8 Å². The van der Waals surface area contributed by atoms with E-state index in [1.807, 2.05) is 0 Å². The van der Waals surface area contributed by atoms with Crippen LogP contribution in [0.15, 0.2) is 29.1 Å². The number of carboxylic acids is 1. The number of aromatic carboxylic acids is 1. The van der Waals surface area contributed by atoms with Crippen molar-refractivity contribution in [3.05, 3.63) is 41.0 Å². The molecular formula is C12H11ClN4O4. The van der Waals surface area contributed by atoms with Gasteiger partial charge in [-0.05, 0) is 18.2 Å². The molecule has 21 heavy (non-hydrogen) atoms. The lowest BCUT2D eigenvalue weighted by Gasteiger charge is -2.09. The molecule has 0 radical (unpaired) electrons. The van der Waals surface area contributed by atoms with E-state index in [1.165, 1.54) is 24.6 Å². The molecule has 1 heterocycles. The smallest absolute Gasteiger partial charge is 0.335 e. The molecule has 0 bridgehead atoms. The number of halogens is 1. The number of aromatic nitrogens is 2. The van der Waals surface area contributed by atoms with Crippen molar-refractivity contribution in [2.24, 2.45) is 0 Å². The van der Waals surface area contributed by atoms with E-state index in [2.05, 4.69) is 25.3 Å². The molecule has 0 aliphatic rings. The number of anilines is 1. The molecule has 0 aliphatic carbocycles.